The highest BCUT2D eigenvalue weighted by Gasteiger charge is 2.39. The standard InChI is InChI=1S/C18H15ClN2O3S/c19-12-6-8-13(9-7-12)20-16(22)11-25-15-10-17(23)21(18(15)24)14-4-2-1-3-5-14/h1-9,15H,10-11H2,(H,20,22)/t15-/m0/s1. The van der Waals surface area contributed by atoms with Crippen LogP contribution in [0.4, 0.5) is 11.4 Å². The van der Waals surface area contributed by atoms with E-state index in [-0.39, 0.29) is 29.9 Å². The molecule has 25 heavy (non-hydrogen) atoms. The monoisotopic (exact) mass is 374 g/mol. The summed E-state index contributed by atoms with van der Waals surface area (Å²) in [6.45, 7) is 0. The number of thioether (sulfide) groups is 1. The number of nitrogens with zero attached hydrogens (tertiary/aromatic N) is 1. The molecule has 0 unspecified atom stereocenters. The minimum absolute atomic E-state index is 0.0922. The van der Waals surface area contributed by atoms with Gasteiger partial charge in [0.2, 0.25) is 17.7 Å². The van der Waals surface area contributed by atoms with E-state index in [1.165, 1.54) is 16.7 Å². The molecular formula is C18H15ClN2O3S. The normalized spacial score (nSPS) is 17.0. The molecule has 2 aromatic carbocycles. The molecule has 3 rings (SSSR count). The van der Waals surface area contributed by atoms with Crippen molar-refractivity contribution in [3.8, 4) is 0 Å². The summed E-state index contributed by atoms with van der Waals surface area (Å²) >= 11 is 6.97. The van der Waals surface area contributed by atoms with Gasteiger partial charge in [0.05, 0.1) is 16.7 Å². The van der Waals surface area contributed by atoms with Crippen LogP contribution in [0.3, 0.4) is 0 Å². The average Bonchev–Trinajstić information content (AvgIpc) is 2.89. The number of nitrogens with one attached hydrogen (secondary N) is 1. The molecule has 7 heteroatoms. The van der Waals surface area contributed by atoms with Gasteiger partial charge in [0, 0.05) is 17.1 Å². The molecule has 0 radical (unpaired) electrons. The van der Waals surface area contributed by atoms with Crippen molar-refractivity contribution in [1.29, 1.82) is 0 Å². The van der Waals surface area contributed by atoms with Crippen LogP contribution in [-0.2, 0) is 14.4 Å². The van der Waals surface area contributed by atoms with Gasteiger partial charge in [-0.25, -0.2) is 4.90 Å². The number of halogens is 1. The van der Waals surface area contributed by atoms with Crippen molar-refractivity contribution < 1.29 is 14.4 Å². The van der Waals surface area contributed by atoms with E-state index >= 15 is 0 Å². The maximum Gasteiger partial charge on any atom is 0.247 e. The van der Waals surface area contributed by atoms with Crippen molar-refractivity contribution in [2.75, 3.05) is 16.0 Å². The summed E-state index contributed by atoms with van der Waals surface area (Å²) in [6, 6.07) is 15.6. The predicted octanol–water partition coefficient (Wildman–Crippen LogP) is 3.34. The largest absolute Gasteiger partial charge is 0.325 e. The van der Waals surface area contributed by atoms with E-state index in [1.807, 2.05) is 6.07 Å². The third-order valence-electron chi connectivity index (χ3n) is 3.66. The Hall–Kier alpha value is -2.31. The minimum Gasteiger partial charge on any atom is -0.325 e. The van der Waals surface area contributed by atoms with Crippen LogP contribution in [0.25, 0.3) is 0 Å². The Labute approximate surface area is 154 Å². The molecule has 5 nitrogen and oxygen atoms in total. The second kappa shape index (κ2) is 7.72. The molecule has 1 aliphatic heterocycles. The summed E-state index contributed by atoms with van der Waals surface area (Å²) < 4.78 is 0. The minimum atomic E-state index is -0.538. The van der Waals surface area contributed by atoms with Crippen molar-refractivity contribution in [2.24, 2.45) is 0 Å². The van der Waals surface area contributed by atoms with Crippen LogP contribution < -0.4 is 10.2 Å². The zero-order chi connectivity index (χ0) is 17.8. The molecule has 0 spiro atoms. The summed E-state index contributed by atoms with van der Waals surface area (Å²) in [6.07, 6.45) is 0.104. The number of imide groups is 1. The molecular weight excluding hydrogens is 360 g/mol. The Balaban J connectivity index is 1.57. The van der Waals surface area contributed by atoms with Crippen molar-refractivity contribution in [1.82, 2.24) is 0 Å². The van der Waals surface area contributed by atoms with E-state index in [4.69, 9.17) is 11.6 Å². The highest BCUT2D eigenvalue weighted by Crippen LogP contribution is 2.29. The first-order valence-corrected chi connectivity index (χ1v) is 9.06. The average molecular weight is 375 g/mol. The third kappa shape index (κ3) is 4.21. The molecule has 0 aromatic heterocycles. The lowest BCUT2D eigenvalue weighted by atomic mass is 10.3. The number of amides is 3. The molecule has 128 valence electrons. The fourth-order valence-electron chi connectivity index (χ4n) is 2.49. The van der Waals surface area contributed by atoms with Crippen molar-refractivity contribution >= 4 is 52.5 Å². The summed E-state index contributed by atoms with van der Waals surface area (Å²) in [7, 11) is 0. The number of hydrogen-bond donors (Lipinski definition) is 1. The van der Waals surface area contributed by atoms with Gasteiger partial charge in [-0.1, -0.05) is 29.8 Å². The number of para-hydroxylation sites is 1. The fraction of sp³-hybridized carbons (Fsp3) is 0.167. The van der Waals surface area contributed by atoms with Crippen LogP contribution >= 0.6 is 23.4 Å². The first-order valence-electron chi connectivity index (χ1n) is 7.63. The van der Waals surface area contributed by atoms with Gasteiger partial charge in [0.15, 0.2) is 0 Å². The zero-order valence-corrected chi connectivity index (χ0v) is 14.7. The van der Waals surface area contributed by atoms with Crippen LogP contribution in [0.1, 0.15) is 6.42 Å². The lowest BCUT2D eigenvalue weighted by Crippen LogP contribution is -2.31. The first kappa shape index (κ1) is 17.5. The van der Waals surface area contributed by atoms with Gasteiger partial charge in [-0.15, -0.1) is 11.8 Å². The highest BCUT2D eigenvalue weighted by molar-refractivity contribution is 8.01. The maximum absolute atomic E-state index is 12.5. The second-order valence-electron chi connectivity index (χ2n) is 5.46. The SMILES string of the molecule is O=C(CS[C@H]1CC(=O)N(c2ccccc2)C1=O)Nc1ccc(Cl)cc1. The number of benzene rings is 2. The molecule has 1 atom stereocenters. The van der Waals surface area contributed by atoms with E-state index in [1.54, 1.807) is 48.5 Å². The van der Waals surface area contributed by atoms with E-state index in [2.05, 4.69) is 5.32 Å². The molecule has 1 fully saturated rings. The Morgan fingerprint density at radius 1 is 1.12 bits per heavy atom. The topological polar surface area (TPSA) is 66.5 Å². The molecule has 0 saturated carbocycles. The predicted molar refractivity (Wildman–Crippen MR) is 99.9 cm³/mol. The number of carbonyl (C=O) groups is 3. The maximum atomic E-state index is 12.5. The molecule has 0 bridgehead atoms. The molecule has 3 amide bonds. The quantitative estimate of drug-likeness (QED) is 0.815. The lowest BCUT2D eigenvalue weighted by molar-refractivity contribution is -0.121. The second-order valence-corrected chi connectivity index (χ2v) is 7.09. The highest BCUT2D eigenvalue weighted by atomic mass is 35.5. The van der Waals surface area contributed by atoms with Gasteiger partial charge in [-0.2, -0.15) is 0 Å². The summed E-state index contributed by atoms with van der Waals surface area (Å²) in [5.41, 5.74) is 1.20. The number of rotatable bonds is 5. The van der Waals surface area contributed by atoms with E-state index in [9.17, 15) is 14.4 Å². The van der Waals surface area contributed by atoms with Crippen LogP contribution in [0.15, 0.2) is 54.6 Å². The molecule has 1 N–H and O–H groups in total. The first-order chi connectivity index (χ1) is 12.0. The smallest absolute Gasteiger partial charge is 0.247 e. The van der Waals surface area contributed by atoms with Gasteiger partial charge in [-0.3, -0.25) is 14.4 Å². The van der Waals surface area contributed by atoms with Crippen molar-refractivity contribution in [2.45, 2.75) is 11.7 Å². The lowest BCUT2D eigenvalue weighted by Gasteiger charge is -2.14. The van der Waals surface area contributed by atoms with Gasteiger partial charge in [0.25, 0.3) is 0 Å². The Morgan fingerprint density at radius 3 is 2.48 bits per heavy atom. The van der Waals surface area contributed by atoms with Crippen molar-refractivity contribution in [3.63, 3.8) is 0 Å². The summed E-state index contributed by atoms with van der Waals surface area (Å²) in [5, 5.41) is 2.78. The summed E-state index contributed by atoms with van der Waals surface area (Å²) in [4.78, 5) is 37.8. The number of anilines is 2. The van der Waals surface area contributed by atoms with Crippen LogP contribution in [0.2, 0.25) is 5.02 Å². The van der Waals surface area contributed by atoms with Crippen LogP contribution in [0, 0.1) is 0 Å². The molecule has 2 aromatic rings. The van der Waals surface area contributed by atoms with E-state index in [0.29, 0.717) is 16.4 Å². The molecule has 1 aliphatic rings. The Kier molecular flexibility index (Phi) is 5.40. The van der Waals surface area contributed by atoms with Crippen LogP contribution in [-0.4, -0.2) is 28.7 Å². The van der Waals surface area contributed by atoms with Gasteiger partial charge < -0.3 is 5.32 Å². The van der Waals surface area contributed by atoms with Gasteiger partial charge >= 0.3 is 0 Å². The fourth-order valence-corrected chi connectivity index (χ4v) is 3.55. The van der Waals surface area contributed by atoms with Crippen LogP contribution in [0.5, 0.6) is 0 Å². The van der Waals surface area contributed by atoms with Crippen molar-refractivity contribution in [3.05, 3.63) is 59.6 Å². The third-order valence-corrected chi connectivity index (χ3v) is 5.11. The molecule has 1 heterocycles. The number of hydrogen-bond acceptors (Lipinski definition) is 4. The zero-order valence-electron chi connectivity index (χ0n) is 13.1. The van der Waals surface area contributed by atoms with Gasteiger partial charge in [-0.05, 0) is 36.4 Å². The Bertz CT molecular complexity index is 796. The van der Waals surface area contributed by atoms with Gasteiger partial charge in [0.1, 0.15) is 0 Å². The number of carbonyl (C=O) groups excluding carboxylic acids is 3. The van der Waals surface area contributed by atoms with E-state index < -0.39 is 5.25 Å². The molecule has 1 saturated heterocycles. The summed E-state index contributed by atoms with van der Waals surface area (Å²) in [5.74, 6) is -0.660. The Morgan fingerprint density at radius 2 is 1.80 bits per heavy atom. The van der Waals surface area contributed by atoms with E-state index in [0.717, 1.165) is 0 Å². The molecule has 0 aliphatic carbocycles.